The van der Waals surface area contributed by atoms with Crippen molar-refractivity contribution in [2.45, 2.75) is 32.5 Å². The Morgan fingerprint density at radius 3 is 2.50 bits per heavy atom. The summed E-state index contributed by atoms with van der Waals surface area (Å²) in [5, 5.41) is 6.32. The van der Waals surface area contributed by atoms with Gasteiger partial charge < -0.3 is 25.0 Å². The highest BCUT2D eigenvalue weighted by Gasteiger charge is 2.12. The highest BCUT2D eigenvalue weighted by molar-refractivity contribution is 5.92. The standard InChI is InChI=1S/C22H31N3O3/c1-16(23-14-17-7-6-8-18(12-17)15-25(2)3)11-22(26)24-20-10-9-19(27-4)13-21(20)28-5/h6-10,12-13,16,23H,11,14-15H2,1-5H3,(H,24,26). The smallest absolute Gasteiger partial charge is 0.226 e. The number of amides is 1. The second kappa shape index (κ2) is 10.7. The first kappa shape index (κ1) is 21.7. The molecule has 0 fully saturated rings. The van der Waals surface area contributed by atoms with Gasteiger partial charge in [0.05, 0.1) is 19.9 Å². The van der Waals surface area contributed by atoms with E-state index in [0.717, 1.165) is 13.1 Å². The van der Waals surface area contributed by atoms with Crippen LogP contribution in [-0.2, 0) is 17.9 Å². The molecule has 2 aromatic rings. The van der Waals surface area contributed by atoms with E-state index in [1.165, 1.54) is 11.1 Å². The second-order valence-corrected chi connectivity index (χ2v) is 7.16. The van der Waals surface area contributed by atoms with Crippen LogP contribution < -0.4 is 20.1 Å². The number of rotatable bonds is 10. The Bertz CT molecular complexity index is 777. The zero-order valence-electron chi connectivity index (χ0n) is 17.4. The number of ether oxygens (including phenoxy) is 2. The van der Waals surface area contributed by atoms with Crippen molar-refractivity contribution in [3.8, 4) is 11.5 Å². The van der Waals surface area contributed by atoms with Gasteiger partial charge in [-0.3, -0.25) is 4.79 Å². The molecule has 0 aliphatic carbocycles. The lowest BCUT2D eigenvalue weighted by molar-refractivity contribution is -0.116. The highest BCUT2D eigenvalue weighted by atomic mass is 16.5. The summed E-state index contributed by atoms with van der Waals surface area (Å²) >= 11 is 0. The van der Waals surface area contributed by atoms with Crippen molar-refractivity contribution in [1.82, 2.24) is 10.2 Å². The third kappa shape index (κ3) is 6.87. The zero-order valence-corrected chi connectivity index (χ0v) is 17.4. The summed E-state index contributed by atoms with van der Waals surface area (Å²) in [4.78, 5) is 14.5. The van der Waals surface area contributed by atoms with Gasteiger partial charge in [0, 0.05) is 31.6 Å². The van der Waals surface area contributed by atoms with Crippen molar-refractivity contribution in [2.24, 2.45) is 0 Å². The minimum Gasteiger partial charge on any atom is -0.497 e. The molecule has 0 bridgehead atoms. The summed E-state index contributed by atoms with van der Waals surface area (Å²) in [6, 6.07) is 13.9. The monoisotopic (exact) mass is 385 g/mol. The molecule has 0 aliphatic heterocycles. The van der Waals surface area contributed by atoms with E-state index in [-0.39, 0.29) is 11.9 Å². The van der Waals surface area contributed by atoms with E-state index in [0.29, 0.717) is 23.6 Å². The third-order valence-corrected chi connectivity index (χ3v) is 4.32. The summed E-state index contributed by atoms with van der Waals surface area (Å²) in [6.45, 7) is 3.64. The SMILES string of the molecule is COc1ccc(NC(=O)CC(C)NCc2cccc(CN(C)C)c2)c(OC)c1. The van der Waals surface area contributed by atoms with Crippen molar-refractivity contribution < 1.29 is 14.3 Å². The summed E-state index contributed by atoms with van der Waals surface area (Å²) in [5.41, 5.74) is 3.13. The summed E-state index contributed by atoms with van der Waals surface area (Å²) in [7, 11) is 7.28. The Kier molecular flexibility index (Phi) is 8.29. The number of carbonyl (C=O) groups excluding carboxylic acids is 1. The molecule has 152 valence electrons. The van der Waals surface area contributed by atoms with E-state index in [4.69, 9.17) is 9.47 Å². The topological polar surface area (TPSA) is 62.8 Å². The van der Waals surface area contributed by atoms with Gasteiger partial charge in [0.25, 0.3) is 0 Å². The maximum atomic E-state index is 12.4. The van der Waals surface area contributed by atoms with Gasteiger partial charge in [-0.05, 0) is 44.3 Å². The first-order valence-electron chi connectivity index (χ1n) is 9.39. The fourth-order valence-electron chi connectivity index (χ4n) is 2.95. The van der Waals surface area contributed by atoms with E-state index in [2.05, 4.69) is 53.9 Å². The van der Waals surface area contributed by atoms with E-state index >= 15 is 0 Å². The lowest BCUT2D eigenvalue weighted by Crippen LogP contribution is -2.30. The molecule has 1 unspecified atom stereocenters. The molecule has 2 aromatic carbocycles. The highest BCUT2D eigenvalue weighted by Crippen LogP contribution is 2.29. The number of hydrogen-bond donors (Lipinski definition) is 2. The Morgan fingerprint density at radius 1 is 1.07 bits per heavy atom. The number of methoxy groups -OCH3 is 2. The Labute approximate surface area is 167 Å². The number of hydrogen-bond acceptors (Lipinski definition) is 5. The van der Waals surface area contributed by atoms with Crippen LogP contribution in [0.5, 0.6) is 11.5 Å². The molecule has 0 heterocycles. The maximum absolute atomic E-state index is 12.4. The average Bonchev–Trinajstić information content (AvgIpc) is 2.66. The Morgan fingerprint density at radius 2 is 1.82 bits per heavy atom. The maximum Gasteiger partial charge on any atom is 0.226 e. The average molecular weight is 386 g/mol. The normalized spacial score (nSPS) is 11.9. The van der Waals surface area contributed by atoms with Gasteiger partial charge in [-0.1, -0.05) is 24.3 Å². The molecular formula is C22H31N3O3. The number of nitrogens with zero attached hydrogens (tertiary/aromatic N) is 1. The molecule has 0 spiro atoms. The van der Waals surface area contributed by atoms with Gasteiger partial charge in [-0.15, -0.1) is 0 Å². The van der Waals surface area contributed by atoms with Crippen molar-refractivity contribution in [3.05, 3.63) is 53.6 Å². The first-order valence-corrected chi connectivity index (χ1v) is 9.39. The van der Waals surface area contributed by atoms with Gasteiger partial charge in [0.15, 0.2) is 0 Å². The first-order chi connectivity index (χ1) is 13.4. The van der Waals surface area contributed by atoms with Gasteiger partial charge in [0.2, 0.25) is 5.91 Å². The molecule has 6 heteroatoms. The van der Waals surface area contributed by atoms with E-state index < -0.39 is 0 Å². The molecule has 28 heavy (non-hydrogen) atoms. The number of nitrogens with one attached hydrogen (secondary N) is 2. The van der Waals surface area contributed by atoms with Crippen LogP contribution >= 0.6 is 0 Å². The van der Waals surface area contributed by atoms with Crippen molar-refractivity contribution >= 4 is 11.6 Å². The third-order valence-electron chi connectivity index (χ3n) is 4.32. The van der Waals surface area contributed by atoms with Crippen LogP contribution in [0.3, 0.4) is 0 Å². The molecule has 0 saturated heterocycles. The molecule has 0 radical (unpaired) electrons. The van der Waals surface area contributed by atoms with Crippen molar-refractivity contribution in [2.75, 3.05) is 33.6 Å². The molecule has 6 nitrogen and oxygen atoms in total. The Hall–Kier alpha value is -2.57. The Balaban J connectivity index is 1.86. The van der Waals surface area contributed by atoms with Gasteiger partial charge >= 0.3 is 0 Å². The quantitative estimate of drug-likeness (QED) is 0.657. The molecule has 2 rings (SSSR count). The van der Waals surface area contributed by atoms with Gasteiger partial charge in [0.1, 0.15) is 11.5 Å². The molecule has 1 amide bonds. The summed E-state index contributed by atoms with van der Waals surface area (Å²) in [6.07, 6.45) is 0.368. The largest absolute Gasteiger partial charge is 0.497 e. The predicted molar refractivity (Wildman–Crippen MR) is 113 cm³/mol. The summed E-state index contributed by atoms with van der Waals surface area (Å²) < 4.78 is 10.5. The van der Waals surface area contributed by atoms with Gasteiger partial charge in [-0.2, -0.15) is 0 Å². The number of benzene rings is 2. The molecule has 2 N–H and O–H groups in total. The molecule has 0 saturated carbocycles. The van der Waals surface area contributed by atoms with Crippen LogP contribution in [0.1, 0.15) is 24.5 Å². The molecule has 0 aliphatic rings. The second-order valence-electron chi connectivity index (χ2n) is 7.16. The fraction of sp³-hybridized carbons (Fsp3) is 0.409. The minimum atomic E-state index is -0.0650. The minimum absolute atomic E-state index is 0.0433. The van der Waals surface area contributed by atoms with Crippen LogP contribution in [0, 0.1) is 0 Å². The lowest BCUT2D eigenvalue weighted by Gasteiger charge is -2.16. The van der Waals surface area contributed by atoms with Crippen LogP contribution in [0.4, 0.5) is 5.69 Å². The van der Waals surface area contributed by atoms with E-state index in [1.807, 2.05) is 6.92 Å². The van der Waals surface area contributed by atoms with Crippen LogP contribution in [0.2, 0.25) is 0 Å². The fourth-order valence-corrected chi connectivity index (χ4v) is 2.95. The van der Waals surface area contributed by atoms with E-state index in [9.17, 15) is 4.79 Å². The number of anilines is 1. The van der Waals surface area contributed by atoms with E-state index in [1.54, 1.807) is 32.4 Å². The molecule has 1 atom stereocenters. The lowest BCUT2D eigenvalue weighted by atomic mass is 10.1. The zero-order chi connectivity index (χ0) is 20.5. The van der Waals surface area contributed by atoms with Gasteiger partial charge in [-0.25, -0.2) is 0 Å². The van der Waals surface area contributed by atoms with Crippen LogP contribution in [0.15, 0.2) is 42.5 Å². The predicted octanol–water partition coefficient (Wildman–Crippen LogP) is 3.27. The summed E-state index contributed by atoms with van der Waals surface area (Å²) in [5.74, 6) is 1.19. The van der Waals surface area contributed by atoms with Crippen molar-refractivity contribution in [1.29, 1.82) is 0 Å². The molecule has 0 aromatic heterocycles. The van der Waals surface area contributed by atoms with Crippen LogP contribution in [0.25, 0.3) is 0 Å². The van der Waals surface area contributed by atoms with Crippen molar-refractivity contribution in [3.63, 3.8) is 0 Å². The van der Waals surface area contributed by atoms with Crippen LogP contribution in [-0.4, -0.2) is 45.2 Å². The number of carbonyl (C=O) groups is 1. The molecular weight excluding hydrogens is 354 g/mol.